The molecule has 1 atom stereocenters. The third-order valence-electron chi connectivity index (χ3n) is 4.74. The highest BCUT2D eigenvalue weighted by atomic mass is 16.6. The summed E-state index contributed by atoms with van der Waals surface area (Å²) in [5, 5.41) is 4.55. The number of hydrogen-bond acceptors (Lipinski definition) is 5. The molecule has 0 aliphatic carbocycles. The average molecular weight is 343 g/mol. The van der Waals surface area contributed by atoms with Crippen LogP contribution in [0.2, 0.25) is 0 Å². The lowest BCUT2D eigenvalue weighted by atomic mass is 10.1. The van der Waals surface area contributed by atoms with Crippen LogP contribution in [0.1, 0.15) is 17.0 Å². The minimum atomic E-state index is 0.156. The lowest BCUT2D eigenvalue weighted by molar-refractivity contribution is -0.0407. The number of fused-ring (bicyclic) bond motifs is 1. The van der Waals surface area contributed by atoms with E-state index in [1.54, 1.807) is 0 Å². The van der Waals surface area contributed by atoms with Gasteiger partial charge in [-0.3, -0.25) is 9.58 Å². The molecule has 0 radical (unpaired) electrons. The van der Waals surface area contributed by atoms with Crippen molar-refractivity contribution >= 4 is 0 Å². The van der Waals surface area contributed by atoms with Crippen LogP contribution in [0.5, 0.6) is 11.5 Å². The first-order valence-electron chi connectivity index (χ1n) is 8.91. The molecule has 6 heteroatoms. The average Bonchev–Trinajstić information content (AvgIpc) is 2.93. The molecular weight excluding hydrogens is 318 g/mol. The van der Waals surface area contributed by atoms with Crippen molar-refractivity contribution in [3.8, 4) is 11.5 Å². The smallest absolute Gasteiger partial charge is 0.165 e. The summed E-state index contributed by atoms with van der Waals surface area (Å²) in [6.07, 6.45) is 0.156. The molecule has 0 N–H and O–H groups in total. The Bertz CT molecular complexity index is 744. The van der Waals surface area contributed by atoms with Crippen LogP contribution in [0, 0.1) is 13.8 Å². The summed E-state index contributed by atoms with van der Waals surface area (Å²) in [5.74, 6) is 1.76. The minimum Gasteiger partial charge on any atom is -0.486 e. The number of aromatic nitrogens is 2. The van der Waals surface area contributed by atoms with E-state index in [4.69, 9.17) is 14.2 Å². The maximum atomic E-state index is 5.97. The molecule has 1 aromatic heterocycles. The van der Waals surface area contributed by atoms with Gasteiger partial charge in [-0.1, -0.05) is 12.1 Å². The van der Waals surface area contributed by atoms with E-state index in [2.05, 4.69) is 29.1 Å². The standard InChI is InChI=1S/C19H25N3O3/c1-14-10-15(2)22(20-14)13-17-12-21(6-7-23-17)11-16-4-3-5-18-19(16)25-9-8-24-18/h3-5,10,17H,6-9,11-13H2,1-2H3/t17-/m0/s1. The van der Waals surface area contributed by atoms with Crippen LogP contribution >= 0.6 is 0 Å². The van der Waals surface area contributed by atoms with Gasteiger partial charge in [-0.15, -0.1) is 0 Å². The monoisotopic (exact) mass is 343 g/mol. The van der Waals surface area contributed by atoms with E-state index in [1.165, 1.54) is 11.3 Å². The summed E-state index contributed by atoms with van der Waals surface area (Å²) in [6, 6.07) is 8.24. The molecule has 3 heterocycles. The second kappa shape index (κ2) is 7.06. The summed E-state index contributed by atoms with van der Waals surface area (Å²) in [6.45, 7) is 9.57. The van der Waals surface area contributed by atoms with Crippen molar-refractivity contribution in [3.05, 3.63) is 41.2 Å². The topological polar surface area (TPSA) is 48.8 Å². The molecule has 0 bridgehead atoms. The number of nitrogens with zero attached hydrogens (tertiary/aromatic N) is 3. The summed E-state index contributed by atoms with van der Waals surface area (Å²) >= 11 is 0. The van der Waals surface area contributed by atoms with Gasteiger partial charge in [-0.2, -0.15) is 5.10 Å². The zero-order valence-corrected chi connectivity index (χ0v) is 14.9. The predicted octanol–water partition coefficient (Wildman–Crippen LogP) is 2.17. The molecule has 1 saturated heterocycles. The van der Waals surface area contributed by atoms with Gasteiger partial charge in [0.1, 0.15) is 13.2 Å². The highest BCUT2D eigenvalue weighted by Gasteiger charge is 2.24. The molecule has 1 aromatic carbocycles. The first-order chi connectivity index (χ1) is 12.2. The highest BCUT2D eigenvalue weighted by Crippen LogP contribution is 2.34. The molecule has 25 heavy (non-hydrogen) atoms. The maximum absolute atomic E-state index is 5.97. The molecule has 2 aliphatic rings. The van der Waals surface area contributed by atoms with Crippen molar-refractivity contribution in [2.24, 2.45) is 0 Å². The largest absolute Gasteiger partial charge is 0.486 e. The van der Waals surface area contributed by atoms with Crippen molar-refractivity contribution in [3.63, 3.8) is 0 Å². The van der Waals surface area contributed by atoms with Gasteiger partial charge in [-0.05, 0) is 26.0 Å². The number of rotatable bonds is 4. The van der Waals surface area contributed by atoms with E-state index in [0.717, 1.165) is 50.0 Å². The van der Waals surface area contributed by atoms with Gasteiger partial charge in [0, 0.05) is 30.9 Å². The first-order valence-corrected chi connectivity index (χ1v) is 8.91. The van der Waals surface area contributed by atoms with E-state index in [1.807, 2.05) is 23.7 Å². The van der Waals surface area contributed by atoms with Crippen LogP contribution in [0.25, 0.3) is 0 Å². The van der Waals surface area contributed by atoms with E-state index in [-0.39, 0.29) is 6.10 Å². The molecular formula is C19H25N3O3. The van der Waals surface area contributed by atoms with Crippen LogP contribution in [0.3, 0.4) is 0 Å². The zero-order valence-electron chi connectivity index (χ0n) is 14.9. The summed E-state index contributed by atoms with van der Waals surface area (Å²) < 4.78 is 19.5. The Morgan fingerprint density at radius 2 is 2.04 bits per heavy atom. The summed E-state index contributed by atoms with van der Waals surface area (Å²) in [7, 11) is 0. The third-order valence-corrected chi connectivity index (χ3v) is 4.74. The molecule has 4 rings (SSSR count). The van der Waals surface area contributed by atoms with Gasteiger partial charge in [0.25, 0.3) is 0 Å². The summed E-state index contributed by atoms with van der Waals surface area (Å²) in [4.78, 5) is 2.42. The van der Waals surface area contributed by atoms with E-state index >= 15 is 0 Å². The van der Waals surface area contributed by atoms with E-state index in [0.29, 0.717) is 13.2 Å². The van der Waals surface area contributed by atoms with Crippen LogP contribution in [-0.2, 0) is 17.8 Å². The fourth-order valence-electron chi connectivity index (χ4n) is 3.59. The molecule has 0 spiro atoms. The van der Waals surface area contributed by atoms with Gasteiger partial charge in [0.15, 0.2) is 11.5 Å². The quantitative estimate of drug-likeness (QED) is 0.852. The minimum absolute atomic E-state index is 0.156. The Balaban J connectivity index is 1.43. The molecule has 6 nitrogen and oxygen atoms in total. The van der Waals surface area contributed by atoms with Crippen LogP contribution < -0.4 is 9.47 Å². The number of benzene rings is 1. The Morgan fingerprint density at radius 3 is 2.88 bits per heavy atom. The number of ether oxygens (including phenoxy) is 3. The predicted molar refractivity (Wildman–Crippen MR) is 94.2 cm³/mol. The highest BCUT2D eigenvalue weighted by molar-refractivity contribution is 5.47. The molecule has 0 amide bonds. The van der Waals surface area contributed by atoms with Crippen molar-refractivity contribution in [1.29, 1.82) is 0 Å². The number of morpholine rings is 1. The molecule has 1 fully saturated rings. The van der Waals surface area contributed by atoms with Crippen LogP contribution in [0.4, 0.5) is 0 Å². The van der Waals surface area contributed by atoms with Crippen LogP contribution in [-0.4, -0.2) is 53.7 Å². The lowest BCUT2D eigenvalue weighted by Gasteiger charge is -2.33. The van der Waals surface area contributed by atoms with Gasteiger partial charge >= 0.3 is 0 Å². The number of aryl methyl sites for hydroxylation is 2. The van der Waals surface area contributed by atoms with Crippen molar-refractivity contribution in [2.45, 2.75) is 33.0 Å². The Kier molecular flexibility index (Phi) is 4.63. The number of hydrogen-bond donors (Lipinski definition) is 0. The fraction of sp³-hybridized carbons (Fsp3) is 0.526. The molecule has 134 valence electrons. The van der Waals surface area contributed by atoms with Gasteiger partial charge in [-0.25, -0.2) is 0 Å². The molecule has 2 aromatic rings. The van der Waals surface area contributed by atoms with E-state index in [9.17, 15) is 0 Å². The Morgan fingerprint density at radius 1 is 1.16 bits per heavy atom. The van der Waals surface area contributed by atoms with Crippen LogP contribution in [0.15, 0.2) is 24.3 Å². The second-order valence-electron chi connectivity index (χ2n) is 6.78. The van der Waals surface area contributed by atoms with Crippen molar-refractivity contribution in [2.75, 3.05) is 32.9 Å². The zero-order chi connectivity index (χ0) is 17.2. The molecule has 0 unspecified atom stereocenters. The third kappa shape index (κ3) is 3.65. The van der Waals surface area contributed by atoms with Crippen molar-refractivity contribution in [1.82, 2.24) is 14.7 Å². The van der Waals surface area contributed by atoms with E-state index < -0.39 is 0 Å². The molecule has 0 saturated carbocycles. The van der Waals surface area contributed by atoms with Gasteiger partial charge in [0.2, 0.25) is 0 Å². The first kappa shape index (κ1) is 16.4. The Labute approximate surface area is 148 Å². The number of para-hydroxylation sites is 1. The van der Waals surface area contributed by atoms with Gasteiger partial charge < -0.3 is 14.2 Å². The summed E-state index contributed by atoms with van der Waals surface area (Å²) in [5.41, 5.74) is 3.42. The SMILES string of the molecule is Cc1cc(C)n(C[C@@H]2CN(Cc3cccc4c3OCCO4)CCO2)n1. The second-order valence-corrected chi connectivity index (χ2v) is 6.78. The van der Waals surface area contributed by atoms with Gasteiger partial charge in [0.05, 0.1) is 24.9 Å². The van der Waals surface area contributed by atoms with Crippen molar-refractivity contribution < 1.29 is 14.2 Å². The Hall–Kier alpha value is -2.05. The lowest BCUT2D eigenvalue weighted by Crippen LogP contribution is -2.44. The fourth-order valence-corrected chi connectivity index (χ4v) is 3.59. The molecule has 2 aliphatic heterocycles. The maximum Gasteiger partial charge on any atom is 0.165 e. The normalized spacial score (nSPS) is 20.6.